The van der Waals surface area contributed by atoms with Crippen molar-refractivity contribution < 1.29 is 35.2 Å². The Balaban J connectivity index is 2.01. The van der Waals surface area contributed by atoms with Crippen LogP contribution in [0.5, 0.6) is 17.2 Å². The highest BCUT2D eigenvalue weighted by molar-refractivity contribution is 7.88. The minimum Gasteiger partial charge on any atom is -0.486 e. The topological polar surface area (TPSA) is 112 Å². The predicted molar refractivity (Wildman–Crippen MR) is 92.6 cm³/mol. The first-order valence-corrected chi connectivity index (χ1v) is 9.25. The quantitative estimate of drug-likeness (QED) is 0.557. The van der Waals surface area contributed by atoms with E-state index in [2.05, 4.69) is 24.8 Å². The molecule has 0 bridgehead atoms. The Bertz CT molecular complexity index is 998. The Morgan fingerprint density at radius 2 is 1.86 bits per heavy atom. The van der Waals surface area contributed by atoms with E-state index in [1.807, 2.05) is 0 Å². The molecule has 2 N–H and O–H groups in total. The van der Waals surface area contributed by atoms with Crippen LogP contribution in [0.15, 0.2) is 18.2 Å². The van der Waals surface area contributed by atoms with Gasteiger partial charge in [0, 0.05) is 36.6 Å². The zero-order valence-electron chi connectivity index (χ0n) is 14.6. The second kappa shape index (κ2) is 7.22. The van der Waals surface area contributed by atoms with Gasteiger partial charge in [0.1, 0.15) is 19.0 Å². The summed E-state index contributed by atoms with van der Waals surface area (Å²) in [6, 6.07) is 4.12. The van der Waals surface area contributed by atoms with E-state index < -0.39 is 21.4 Å². The van der Waals surface area contributed by atoms with Gasteiger partial charge >= 0.3 is 15.6 Å². The first kappa shape index (κ1) is 19.8. The lowest BCUT2D eigenvalue weighted by atomic mass is 10.2. The van der Waals surface area contributed by atoms with Crippen molar-refractivity contribution in [3.8, 4) is 17.2 Å². The molecule has 0 spiro atoms. The number of anilines is 3. The number of hydrogen-bond acceptors (Lipinski definition) is 9. The molecule has 3 rings (SSSR count). The second-order valence-electron chi connectivity index (χ2n) is 5.57. The molecule has 1 aromatic heterocycles. The van der Waals surface area contributed by atoms with E-state index in [-0.39, 0.29) is 36.3 Å². The van der Waals surface area contributed by atoms with Crippen LogP contribution in [0.3, 0.4) is 0 Å². The van der Waals surface area contributed by atoms with E-state index in [9.17, 15) is 21.6 Å². The largest absolute Gasteiger partial charge is 0.534 e. The van der Waals surface area contributed by atoms with Crippen LogP contribution in [0.2, 0.25) is 0 Å². The van der Waals surface area contributed by atoms with Crippen LogP contribution in [-0.2, 0) is 10.1 Å². The third kappa shape index (κ3) is 4.13. The van der Waals surface area contributed by atoms with E-state index in [0.29, 0.717) is 11.5 Å². The summed E-state index contributed by atoms with van der Waals surface area (Å²) in [6.45, 7) is 1.88. The summed E-state index contributed by atoms with van der Waals surface area (Å²) in [4.78, 5) is 8.32. The molecule has 9 nitrogen and oxygen atoms in total. The Kier molecular flexibility index (Phi) is 5.10. The molecule has 1 aliphatic heterocycles. The summed E-state index contributed by atoms with van der Waals surface area (Å²) in [7, 11) is -4.24. The van der Waals surface area contributed by atoms with E-state index in [4.69, 9.17) is 9.47 Å². The van der Waals surface area contributed by atoms with Gasteiger partial charge in [-0.2, -0.15) is 26.6 Å². The molecule has 0 radical (unpaired) electrons. The maximum atomic E-state index is 12.7. The van der Waals surface area contributed by atoms with Crippen LogP contribution in [0, 0.1) is 6.92 Å². The third-order valence-electron chi connectivity index (χ3n) is 3.46. The van der Waals surface area contributed by atoms with Crippen LogP contribution in [0.1, 0.15) is 5.69 Å². The van der Waals surface area contributed by atoms with Crippen LogP contribution in [0.4, 0.5) is 30.6 Å². The predicted octanol–water partition coefficient (Wildman–Crippen LogP) is 2.57. The van der Waals surface area contributed by atoms with Crippen LogP contribution >= 0.6 is 0 Å². The van der Waals surface area contributed by atoms with Gasteiger partial charge in [0.05, 0.1) is 0 Å². The Morgan fingerprint density at radius 3 is 2.54 bits per heavy atom. The van der Waals surface area contributed by atoms with Crippen molar-refractivity contribution in [3.63, 3.8) is 0 Å². The van der Waals surface area contributed by atoms with Crippen LogP contribution in [-0.4, -0.2) is 44.2 Å². The molecule has 0 saturated heterocycles. The number of fused-ring (bicyclic) bond motifs is 1. The van der Waals surface area contributed by atoms with Gasteiger partial charge < -0.3 is 24.3 Å². The van der Waals surface area contributed by atoms with Crippen molar-refractivity contribution >= 4 is 27.6 Å². The van der Waals surface area contributed by atoms with E-state index in [1.54, 1.807) is 20.0 Å². The zero-order chi connectivity index (χ0) is 20.5. The fourth-order valence-electron chi connectivity index (χ4n) is 2.30. The molecular weight excluding hydrogens is 405 g/mol. The number of nitrogens with one attached hydrogen (secondary N) is 2. The van der Waals surface area contributed by atoms with E-state index in [1.165, 1.54) is 6.07 Å². The van der Waals surface area contributed by atoms with Gasteiger partial charge in [-0.3, -0.25) is 0 Å². The van der Waals surface area contributed by atoms with Crippen LogP contribution in [0.25, 0.3) is 0 Å². The highest BCUT2D eigenvalue weighted by Crippen LogP contribution is 2.44. The standard InChI is InChI=1S/C15H15F3N4O5S/c1-8-5-12(19-2)22-14(20-8)21-9-6-10-13(26-4-3-25-10)11(7-9)27-28(23,24)15(16,17)18/h5-7H,3-4H2,1-2H3,(H2,19,20,21,22). The molecule has 2 heterocycles. The van der Waals surface area contributed by atoms with E-state index >= 15 is 0 Å². The summed E-state index contributed by atoms with van der Waals surface area (Å²) in [5, 5.41) is 5.62. The summed E-state index contributed by atoms with van der Waals surface area (Å²) >= 11 is 0. The number of alkyl halides is 3. The minimum atomic E-state index is -5.90. The summed E-state index contributed by atoms with van der Waals surface area (Å²) < 4.78 is 75.7. The molecule has 0 atom stereocenters. The van der Waals surface area contributed by atoms with Gasteiger partial charge in [0.15, 0.2) is 11.5 Å². The maximum absolute atomic E-state index is 12.7. The molecular formula is C15H15F3N4O5S. The second-order valence-corrected chi connectivity index (χ2v) is 7.11. The molecule has 2 aromatic rings. The van der Waals surface area contributed by atoms with Gasteiger partial charge in [-0.15, -0.1) is 0 Å². The van der Waals surface area contributed by atoms with Gasteiger partial charge in [0.25, 0.3) is 0 Å². The zero-order valence-corrected chi connectivity index (χ0v) is 15.4. The molecule has 0 unspecified atom stereocenters. The first-order chi connectivity index (χ1) is 13.1. The fraction of sp³-hybridized carbons (Fsp3) is 0.333. The summed E-state index contributed by atoms with van der Waals surface area (Å²) in [5.74, 6) is -0.261. The fourth-order valence-corrected chi connectivity index (χ4v) is 2.76. The highest BCUT2D eigenvalue weighted by Gasteiger charge is 2.49. The van der Waals surface area contributed by atoms with Crippen molar-refractivity contribution in [3.05, 3.63) is 23.9 Å². The maximum Gasteiger partial charge on any atom is 0.534 e. The number of halogens is 3. The van der Waals surface area contributed by atoms with Gasteiger partial charge in [-0.1, -0.05) is 0 Å². The smallest absolute Gasteiger partial charge is 0.486 e. The number of ether oxygens (including phenoxy) is 2. The third-order valence-corrected chi connectivity index (χ3v) is 4.42. The van der Waals surface area contributed by atoms with Crippen molar-refractivity contribution in [2.45, 2.75) is 12.4 Å². The molecule has 1 aliphatic rings. The van der Waals surface area contributed by atoms with Gasteiger partial charge in [-0.25, -0.2) is 4.98 Å². The van der Waals surface area contributed by atoms with Crippen molar-refractivity contribution in [2.24, 2.45) is 0 Å². The van der Waals surface area contributed by atoms with E-state index in [0.717, 1.165) is 6.07 Å². The molecule has 0 amide bonds. The molecule has 13 heteroatoms. The summed E-state index contributed by atoms with van der Waals surface area (Å²) in [5.41, 5.74) is -4.83. The molecule has 0 saturated carbocycles. The number of nitrogens with zero attached hydrogens (tertiary/aromatic N) is 2. The Morgan fingerprint density at radius 1 is 1.14 bits per heavy atom. The summed E-state index contributed by atoms with van der Waals surface area (Å²) in [6.07, 6.45) is 0. The normalized spacial score (nSPS) is 13.8. The number of benzene rings is 1. The molecule has 28 heavy (non-hydrogen) atoms. The Labute approximate surface area is 158 Å². The van der Waals surface area contributed by atoms with Crippen molar-refractivity contribution in [1.29, 1.82) is 0 Å². The average Bonchev–Trinajstić information content (AvgIpc) is 2.60. The van der Waals surface area contributed by atoms with Crippen molar-refractivity contribution in [2.75, 3.05) is 30.9 Å². The molecule has 0 fully saturated rings. The number of hydrogen-bond donors (Lipinski definition) is 2. The minimum absolute atomic E-state index is 0.0186. The molecule has 1 aromatic carbocycles. The average molecular weight is 420 g/mol. The SMILES string of the molecule is CNc1cc(C)nc(Nc2cc3c(c(OS(=O)(=O)C(F)(F)F)c2)OCCO3)n1. The lowest BCUT2D eigenvalue weighted by Crippen LogP contribution is -2.28. The number of rotatable bonds is 5. The highest BCUT2D eigenvalue weighted by atomic mass is 32.2. The van der Waals surface area contributed by atoms with Crippen LogP contribution < -0.4 is 24.3 Å². The lowest BCUT2D eigenvalue weighted by Gasteiger charge is -2.22. The van der Waals surface area contributed by atoms with Crippen molar-refractivity contribution in [1.82, 2.24) is 9.97 Å². The van der Waals surface area contributed by atoms with Gasteiger partial charge in [-0.05, 0) is 6.92 Å². The number of aryl methyl sites for hydroxylation is 1. The molecule has 0 aliphatic carbocycles. The Hall–Kier alpha value is -2.96. The molecule has 152 valence electrons. The van der Waals surface area contributed by atoms with Gasteiger partial charge in [0.2, 0.25) is 11.7 Å². The lowest BCUT2D eigenvalue weighted by molar-refractivity contribution is -0.0501. The number of aromatic nitrogens is 2. The monoisotopic (exact) mass is 420 g/mol. The first-order valence-electron chi connectivity index (χ1n) is 7.84.